The molecular formula is C12H17FN2O. The van der Waals surface area contributed by atoms with Gasteiger partial charge in [0, 0.05) is 12.5 Å². The van der Waals surface area contributed by atoms with Crippen LogP contribution in [0.3, 0.4) is 0 Å². The Kier molecular flexibility index (Phi) is 4.92. The summed E-state index contributed by atoms with van der Waals surface area (Å²) < 4.78 is 13.2. The molecule has 1 atom stereocenters. The lowest BCUT2D eigenvalue weighted by molar-refractivity contribution is -0.116. The predicted molar refractivity (Wildman–Crippen MR) is 62.5 cm³/mol. The fourth-order valence-corrected chi connectivity index (χ4v) is 1.36. The summed E-state index contributed by atoms with van der Waals surface area (Å²) in [5.41, 5.74) is 5.79. The molecule has 0 spiro atoms. The Hall–Kier alpha value is -1.42. The third-order valence-electron chi connectivity index (χ3n) is 2.21. The highest BCUT2D eigenvalue weighted by molar-refractivity contribution is 5.90. The van der Waals surface area contributed by atoms with Gasteiger partial charge in [0.1, 0.15) is 5.82 Å². The first kappa shape index (κ1) is 12.6. The molecule has 0 saturated carbocycles. The highest BCUT2D eigenvalue weighted by atomic mass is 19.1. The molecule has 0 aromatic heterocycles. The summed E-state index contributed by atoms with van der Waals surface area (Å²) in [7, 11) is 0. The lowest BCUT2D eigenvalue weighted by Gasteiger charge is -2.07. The van der Waals surface area contributed by atoms with E-state index in [4.69, 9.17) is 5.73 Å². The first-order valence-corrected chi connectivity index (χ1v) is 5.39. The summed E-state index contributed by atoms with van der Waals surface area (Å²) >= 11 is 0. The van der Waals surface area contributed by atoms with Crippen molar-refractivity contribution in [3.63, 3.8) is 0 Å². The van der Waals surface area contributed by atoms with Gasteiger partial charge in [-0.05, 0) is 31.9 Å². The normalized spacial score (nSPS) is 12.2. The second kappa shape index (κ2) is 6.23. The standard InChI is InChI=1S/C12H17FN2O/c1-9(14)5-4-8-12(16)15-11-7-3-2-6-10(11)13/h2-3,6-7,9H,4-5,8,14H2,1H3,(H,15,16). The third-order valence-corrected chi connectivity index (χ3v) is 2.21. The van der Waals surface area contributed by atoms with E-state index < -0.39 is 5.82 Å². The number of nitrogens with one attached hydrogen (secondary N) is 1. The van der Waals surface area contributed by atoms with Crippen LogP contribution in [0.1, 0.15) is 26.2 Å². The van der Waals surface area contributed by atoms with Gasteiger partial charge < -0.3 is 11.1 Å². The number of halogens is 1. The molecule has 1 aromatic carbocycles. The maximum absolute atomic E-state index is 13.2. The van der Waals surface area contributed by atoms with Crippen molar-refractivity contribution in [3.05, 3.63) is 30.1 Å². The quantitative estimate of drug-likeness (QED) is 0.806. The number of rotatable bonds is 5. The van der Waals surface area contributed by atoms with E-state index in [0.717, 1.165) is 12.8 Å². The summed E-state index contributed by atoms with van der Waals surface area (Å²) in [6.45, 7) is 1.90. The van der Waals surface area contributed by atoms with Gasteiger partial charge in [-0.15, -0.1) is 0 Å². The number of carbonyl (C=O) groups excluding carboxylic acids is 1. The Morgan fingerprint density at radius 1 is 1.50 bits per heavy atom. The number of nitrogens with two attached hydrogens (primary N) is 1. The van der Waals surface area contributed by atoms with Gasteiger partial charge in [-0.25, -0.2) is 4.39 Å². The second-order valence-electron chi connectivity index (χ2n) is 3.90. The Morgan fingerprint density at radius 3 is 2.81 bits per heavy atom. The van der Waals surface area contributed by atoms with Crippen molar-refractivity contribution < 1.29 is 9.18 Å². The van der Waals surface area contributed by atoms with Crippen molar-refractivity contribution in [2.24, 2.45) is 5.73 Å². The highest BCUT2D eigenvalue weighted by Gasteiger charge is 2.06. The molecule has 0 fully saturated rings. The van der Waals surface area contributed by atoms with Gasteiger partial charge in [-0.2, -0.15) is 0 Å². The molecule has 3 N–H and O–H groups in total. The average molecular weight is 224 g/mol. The Balaban J connectivity index is 2.37. The number of hydrogen-bond donors (Lipinski definition) is 2. The molecule has 1 amide bonds. The Bertz CT molecular complexity index is 353. The van der Waals surface area contributed by atoms with Crippen molar-refractivity contribution in [3.8, 4) is 0 Å². The fraction of sp³-hybridized carbons (Fsp3) is 0.417. The summed E-state index contributed by atoms with van der Waals surface area (Å²) in [5.74, 6) is -0.589. The number of anilines is 1. The largest absolute Gasteiger partial charge is 0.328 e. The number of benzene rings is 1. The van der Waals surface area contributed by atoms with Gasteiger partial charge >= 0.3 is 0 Å². The molecule has 88 valence electrons. The van der Waals surface area contributed by atoms with Gasteiger partial charge in [0.05, 0.1) is 5.69 Å². The molecule has 0 saturated heterocycles. The van der Waals surface area contributed by atoms with Crippen molar-refractivity contribution in [2.45, 2.75) is 32.2 Å². The van der Waals surface area contributed by atoms with E-state index in [1.165, 1.54) is 6.07 Å². The number of carbonyl (C=O) groups is 1. The summed E-state index contributed by atoms with van der Waals surface area (Å²) in [6, 6.07) is 6.22. The molecule has 0 aliphatic rings. The molecule has 3 nitrogen and oxygen atoms in total. The molecule has 1 aromatic rings. The molecule has 0 aliphatic heterocycles. The monoisotopic (exact) mass is 224 g/mol. The molecule has 4 heteroatoms. The predicted octanol–water partition coefficient (Wildman–Crippen LogP) is 2.28. The summed E-state index contributed by atoms with van der Waals surface area (Å²) in [5, 5.41) is 2.53. The van der Waals surface area contributed by atoms with Crippen LogP contribution in [0.5, 0.6) is 0 Å². The number of amides is 1. The zero-order chi connectivity index (χ0) is 12.0. The van der Waals surface area contributed by atoms with Crippen LogP contribution in [0, 0.1) is 5.82 Å². The van der Waals surface area contributed by atoms with Crippen LogP contribution in [0.25, 0.3) is 0 Å². The van der Waals surface area contributed by atoms with Crippen LogP contribution in [0.15, 0.2) is 24.3 Å². The van der Waals surface area contributed by atoms with Crippen molar-refractivity contribution in [2.75, 3.05) is 5.32 Å². The molecule has 0 radical (unpaired) electrons. The molecule has 0 heterocycles. The molecule has 0 bridgehead atoms. The zero-order valence-electron chi connectivity index (χ0n) is 9.37. The van der Waals surface area contributed by atoms with Crippen LogP contribution >= 0.6 is 0 Å². The Labute approximate surface area is 94.8 Å². The SMILES string of the molecule is CC(N)CCCC(=O)Nc1ccccc1F. The third kappa shape index (κ3) is 4.40. The van der Waals surface area contributed by atoms with E-state index in [1.54, 1.807) is 18.2 Å². The molecular weight excluding hydrogens is 207 g/mol. The van der Waals surface area contributed by atoms with E-state index in [0.29, 0.717) is 6.42 Å². The maximum atomic E-state index is 13.2. The lowest BCUT2D eigenvalue weighted by Crippen LogP contribution is -2.17. The molecule has 1 unspecified atom stereocenters. The summed E-state index contributed by atoms with van der Waals surface area (Å²) in [4.78, 5) is 11.4. The van der Waals surface area contributed by atoms with E-state index in [1.807, 2.05) is 6.92 Å². The molecule has 0 aliphatic carbocycles. The number of hydrogen-bond acceptors (Lipinski definition) is 2. The maximum Gasteiger partial charge on any atom is 0.224 e. The first-order valence-electron chi connectivity index (χ1n) is 5.39. The average Bonchev–Trinajstić information content (AvgIpc) is 2.21. The molecule has 1 rings (SSSR count). The van der Waals surface area contributed by atoms with E-state index >= 15 is 0 Å². The van der Waals surface area contributed by atoms with Crippen LogP contribution < -0.4 is 11.1 Å². The van der Waals surface area contributed by atoms with Gasteiger partial charge in [0.25, 0.3) is 0 Å². The molecule has 16 heavy (non-hydrogen) atoms. The zero-order valence-corrected chi connectivity index (χ0v) is 9.37. The van der Waals surface area contributed by atoms with Gasteiger partial charge in [-0.3, -0.25) is 4.79 Å². The van der Waals surface area contributed by atoms with Crippen molar-refractivity contribution >= 4 is 11.6 Å². The van der Waals surface area contributed by atoms with E-state index in [9.17, 15) is 9.18 Å². The summed E-state index contributed by atoms with van der Waals surface area (Å²) in [6.07, 6.45) is 1.89. The smallest absolute Gasteiger partial charge is 0.224 e. The minimum Gasteiger partial charge on any atom is -0.328 e. The van der Waals surface area contributed by atoms with Crippen LogP contribution in [0.4, 0.5) is 10.1 Å². The van der Waals surface area contributed by atoms with Crippen molar-refractivity contribution in [1.29, 1.82) is 0 Å². The van der Waals surface area contributed by atoms with Crippen LogP contribution in [-0.4, -0.2) is 11.9 Å². The van der Waals surface area contributed by atoms with Gasteiger partial charge in [0.15, 0.2) is 0 Å². The fourth-order valence-electron chi connectivity index (χ4n) is 1.36. The number of para-hydroxylation sites is 1. The van der Waals surface area contributed by atoms with Crippen LogP contribution in [-0.2, 0) is 4.79 Å². The van der Waals surface area contributed by atoms with Crippen LogP contribution in [0.2, 0.25) is 0 Å². The second-order valence-corrected chi connectivity index (χ2v) is 3.90. The van der Waals surface area contributed by atoms with Gasteiger partial charge in [0.2, 0.25) is 5.91 Å². The minimum atomic E-state index is -0.414. The minimum absolute atomic E-state index is 0.0984. The van der Waals surface area contributed by atoms with E-state index in [-0.39, 0.29) is 17.6 Å². The lowest BCUT2D eigenvalue weighted by atomic mass is 10.1. The first-order chi connectivity index (χ1) is 7.59. The topological polar surface area (TPSA) is 55.1 Å². The Morgan fingerprint density at radius 2 is 2.19 bits per heavy atom. The van der Waals surface area contributed by atoms with Crippen molar-refractivity contribution in [1.82, 2.24) is 0 Å². The van der Waals surface area contributed by atoms with E-state index in [2.05, 4.69) is 5.32 Å². The highest BCUT2D eigenvalue weighted by Crippen LogP contribution is 2.13. The van der Waals surface area contributed by atoms with Gasteiger partial charge in [-0.1, -0.05) is 12.1 Å².